The number of rotatable bonds is 4. The molecule has 1 saturated heterocycles. The van der Waals surface area contributed by atoms with Crippen molar-refractivity contribution in [1.82, 2.24) is 0 Å². The molecule has 0 bridgehead atoms. The van der Waals surface area contributed by atoms with E-state index in [-0.39, 0.29) is 35.9 Å². The van der Waals surface area contributed by atoms with Crippen molar-refractivity contribution in [3.63, 3.8) is 0 Å². The molecule has 1 aliphatic heterocycles. The maximum atomic E-state index is 12.7. The zero-order chi connectivity index (χ0) is 18.6. The Bertz CT molecular complexity index is 567. The van der Waals surface area contributed by atoms with Gasteiger partial charge in [0, 0.05) is 18.9 Å². The molecular weight excluding hydrogens is 336 g/mol. The Morgan fingerprint density at radius 2 is 1.96 bits per heavy atom. The van der Waals surface area contributed by atoms with E-state index in [1.807, 2.05) is 26.8 Å². The average molecular weight is 369 g/mol. The van der Waals surface area contributed by atoms with Gasteiger partial charge >= 0.3 is 0 Å². The van der Waals surface area contributed by atoms with Gasteiger partial charge < -0.3 is 18.6 Å². The second kappa shape index (κ2) is 6.27. The van der Waals surface area contributed by atoms with Crippen molar-refractivity contribution < 1.29 is 23.4 Å². The molecule has 2 fully saturated rings. The van der Waals surface area contributed by atoms with E-state index in [1.165, 1.54) is 0 Å². The number of ether oxygens (including phenoxy) is 3. The van der Waals surface area contributed by atoms with Crippen molar-refractivity contribution in [2.75, 3.05) is 7.11 Å². The maximum absolute atomic E-state index is 12.7. The summed E-state index contributed by atoms with van der Waals surface area (Å²) in [4.78, 5) is 12.7. The topological polar surface area (TPSA) is 54.0 Å². The summed E-state index contributed by atoms with van der Waals surface area (Å²) in [5.74, 6) is -0.463. The molecule has 1 heterocycles. The van der Waals surface area contributed by atoms with E-state index >= 15 is 0 Å². The van der Waals surface area contributed by atoms with E-state index in [1.54, 1.807) is 13.2 Å². The normalized spacial score (nSPS) is 41.3. The van der Waals surface area contributed by atoms with E-state index in [4.69, 9.17) is 18.6 Å². The Kier molecular flexibility index (Phi) is 4.82. The zero-order valence-corrected chi connectivity index (χ0v) is 17.5. The minimum Gasteiger partial charge on any atom is -0.407 e. The van der Waals surface area contributed by atoms with Gasteiger partial charge in [-0.25, -0.2) is 0 Å². The van der Waals surface area contributed by atoms with Crippen LogP contribution in [0.1, 0.15) is 33.6 Å². The van der Waals surface area contributed by atoms with Crippen LogP contribution in [0.5, 0.6) is 0 Å². The van der Waals surface area contributed by atoms with Crippen LogP contribution in [0.4, 0.5) is 0 Å². The Morgan fingerprint density at radius 1 is 1.28 bits per heavy atom. The fourth-order valence-electron chi connectivity index (χ4n) is 4.74. The van der Waals surface area contributed by atoms with Gasteiger partial charge in [-0.3, -0.25) is 4.79 Å². The van der Waals surface area contributed by atoms with E-state index in [2.05, 4.69) is 19.6 Å². The number of ketones is 1. The summed E-state index contributed by atoms with van der Waals surface area (Å²) in [6.45, 7) is 12.4. The van der Waals surface area contributed by atoms with E-state index < -0.39 is 19.7 Å². The van der Waals surface area contributed by atoms with Crippen molar-refractivity contribution in [1.29, 1.82) is 0 Å². The smallest absolute Gasteiger partial charge is 0.184 e. The predicted molar refractivity (Wildman–Crippen MR) is 97.8 cm³/mol. The lowest BCUT2D eigenvalue weighted by Gasteiger charge is -2.54. The molecular formula is C19H32O5Si. The number of methoxy groups -OCH3 is 1. The summed E-state index contributed by atoms with van der Waals surface area (Å²) in [5.41, 5.74) is -0.667. The number of fused-ring (bicyclic) bond motifs is 3. The van der Waals surface area contributed by atoms with Crippen molar-refractivity contribution in [2.24, 2.45) is 11.8 Å². The first-order valence-electron chi connectivity index (χ1n) is 9.28. The summed E-state index contributed by atoms with van der Waals surface area (Å²) >= 11 is 0. The van der Waals surface area contributed by atoms with Gasteiger partial charge in [0.05, 0.1) is 12.2 Å². The van der Waals surface area contributed by atoms with Crippen LogP contribution in [0.3, 0.4) is 0 Å². The van der Waals surface area contributed by atoms with E-state index in [0.717, 1.165) is 6.42 Å². The average Bonchev–Trinajstić information content (AvgIpc) is 2.82. The second-order valence-corrected chi connectivity index (χ2v) is 13.5. The molecule has 3 aliphatic rings. The van der Waals surface area contributed by atoms with Gasteiger partial charge in [0.1, 0.15) is 11.7 Å². The van der Waals surface area contributed by atoms with E-state index in [9.17, 15) is 4.79 Å². The molecule has 0 spiro atoms. The highest BCUT2D eigenvalue weighted by atomic mass is 28.4. The molecule has 25 heavy (non-hydrogen) atoms. The second-order valence-electron chi connectivity index (χ2n) is 9.08. The third-order valence-corrected chi connectivity index (χ3v) is 6.67. The molecule has 0 aromatic carbocycles. The fourth-order valence-corrected chi connectivity index (χ4v) is 6.25. The van der Waals surface area contributed by atoms with E-state index in [0.29, 0.717) is 6.42 Å². The highest BCUT2D eigenvalue weighted by molar-refractivity contribution is 6.69. The molecule has 0 amide bonds. The molecule has 142 valence electrons. The van der Waals surface area contributed by atoms with Gasteiger partial charge in [0.25, 0.3) is 0 Å². The van der Waals surface area contributed by atoms with Crippen LogP contribution in [0.2, 0.25) is 19.6 Å². The van der Waals surface area contributed by atoms with Crippen molar-refractivity contribution in [2.45, 2.75) is 83.0 Å². The minimum absolute atomic E-state index is 0.0994. The lowest BCUT2D eigenvalue weighted by Crippen LogP contribution is -2.67. The summed E-state index contributed by atoms with van der Waals surface area (Å²) in [5, 5.41) is 0. The van der Waals surface area contributed by atoms with Crippen LogP contribution in [-0.2, 0) is 23.4 Å². The molecule has 3 rings (SSSR count). The lowest BCUT2D eigenvalue weighted by molar-refractivity contribution is -0.199. The molecule has 0 unspecified atom stereocenters. The van der Waals surface area contributed by atoms with Crippen molar-refractivity contribution >= 4 is 14.1 Å². The minimum atomic E-state index is -1.93. The fraction of sp³-hybridized carbons (Fsp3) is 0.842. The Hall–Kier alpha value is -0.533. The van der Waals surface area contributed by atoms with Gasteiger partial charge in [-0.15, -0.1) is 0 Å². The van der Waals surface area contributed by atoms with Gasteiger partial charge in [-0.2, -0.15) is 0 Å². The quantitative estimate of drug-likeness (QED) is 0.713. The molecule has 5 nitrogen and oxygen atoms in total. The monoisotopic (exact) mass is 368 g/mol. The van der Waals surface area contributed by atoms with Gasteiger partial charge in [0.2, 0.25) is 0 Å². The number of allylic oxidation sites excluding steroid dienone is 2. The number of carbonyl (C=O) groups is 1. The number of hydrogen-bond acceptors (Lipinski definition) is 5. The molecule has 6 atom stereocenters. The summed E-state index contributed by atoms with van der Waals surface area (Å²) in [7, 11) is -0.227. The van der Waals surface area contributed by atoms with Crippen LogP contribution in [0.15, 0.2) is 12.2 Å². The highest BCUT2D eigenvalue weighted by Gasteiger charge is 2.64. The Morgan fingerprint density at radius 3 is 2.56 bits per heavy atom. The summed E-state index contributed by atoms with van der Waals surface area (Å²) < 4.78 is 25.2. The first-order valence-corrected chi connectivity index (χ1v) is 12.7. The highest BCUT2D eigenvalue weighted by Crippen LogP contribution is 2.53. The zero-order valence-electron chi connectivity index (χ0n) is 16.5. The van der Waals surface area contributed by atoms with Crippen molar-refractivity contribution in [3.8, 4) is 0 Å². The van der Waals surface area contributed by atoms with Crippen LogP contribution >= 0.6 is 0 Å². The van der Waals surface area contributed by atoms with Gasteiger partial charge in [-0.1, -0.05) is 6.08 Å². The molecule has 0 aromatic heterocycles. The summed E-state index contributed by atoms with van der Waals surface area (Å²) in [6, 6.07) is 0. The SMILES string of the molecule is CO[C@H](C)[C@]1(O[Si](C)(C)C)C[C@@H]2C(=O)C=CC[C@H]2[C@H]2OC(C)(C)O[C@H]21. The third-order valence-electron chi connectivity index (χ3n) is 5.68. The van der Waals surface area contributed by atoms with Crippen LogP contribution in [0, 0.1) is 11.8 Å². The van der Waals surface area contributed by atoms with Gasteiger partial charge in [0.15, 0.2) is 19.9 Å². The number of hydrogen-bond donors (Lipinski definition) is 0. The lowest BCUT2D eigenvalue weighted by atomic mass is 9.63. The Labute approximate surface area is 152 Å². The third kappa shape index (κ3) is 3.39. The number of carbonyl (C=O) groups excluding carboxylic acids is 1. The molecule has 0 radical (unpaired) electrons. The first kappa shape index (κ1) is 19.2. The van der Waals surface area contributed by atoms with Gasteiger partial charge in [-0.05, 0) is 59.3 Å². The first-order chi connectivity index (χ1) is 11.5. The molecule has 0 N–H and O–H groups in total. The largest absolute Gasteiger partial charge is 0.407 e. The molecule has 1 saturated carbocycles. The molecule has 6 heteroatoms. The standard InChI is InChI=1S/C19H32O5Si/c1-12(21-4)19(24-25(5,6)7)11-14-13(9-8-10-15(14)20)16-17(19)23-18(2,3)22-16/h8,10,12-14,16-17H,9,11H2,1-7H3/t12-,13-,14+,16-,17-,19-/m1/s1. The predicted octanol–water partition coefficient (Wildman–Crippen LogP) is 3.30. The Balaban J connectivity index is 2.09. The van der Waals surface area contributed by atoms with Crippen LogP contribution in [0.25, 0.3) is 0 Å². The molecule has 0 aromatic rings. The summed E-state index contributed by atoms with van der Waals surface area (Å²) in [6.07, 6.45) is 4.59. The van der Waals surface area contributed by atoms with Crippen molar-refractivity contribution in [3.05, 3.63) is 12.2 Å². The van der Waals surface area contributed by atoms with Crippen LogP contribution < -0.4 is 0 Å². The maximum Gasteiger partial charge on any atom is 0.184 e. The van der Waals surface area contributed by atoms with Crippen LogP contribution in [-0.4, -0.2) is 50.9 Å². The molecule has 2 aliphatic carbocycles.